The molecule has 112 valence electrons. The Morgan fingerprint density at radius 2 is 1.81 bits per heavy atom. The molecule has 0 saturated heterocycles. The third-order valence-electron chi connectivity index (χ3n) is 3.04. The standard InChI is InChI=1S/C15H16FNO3S/c1-11-10-13(4-7-15(11)16)17-21(19,20)14-5-2-12(3-6-14)8-9-18/h2-7,10,17-18H,8-9H2,1H3. The van der Waals surface area contributed by atoms with E-state index in [1.54, 1.807) is 19.1 Å². The number of anilines is 1. The molecule has 2 N–H and O–H groups in total. The maximum absolute atomic E-state index is 13.2. The van der Waals surface area contributed by atoms with Crippen molar-refractivity contribution in [3.63, 3.8) is 0 Å². The third-order valence-corrected chi connectivity index (χ3v) is 4.44. The molecule has 0 aromatic heterocycles. The molecule has 2 rings (SSSR count). The molecular weight excluding hydrogens is 293 g/mol. The summed E-state index contributed by atoms with van der Waals surface area (Å²) >= 11 is 0. The average molecular weight is 309 g/mol. The Labute approximate surface area is 123 Å². The van der Waals surface area contributed by atoms with Gasteiger partial charge in [0.15, 0.2) is 0 Å². The van der Waals surface area contributed by atoms with Crippen molar-refractivity contribution in [1.29, 1.82) is 0 Å². The van der Waals surface area contributed by atoms with Crippen molar-refractivity contribution in [3.8, 4) is 0 Å². The zero-order chi connectivity index (χ0) is 15.5. The fraction of sp³-hybridized carbons (Fsp3) is 0.200. The Kier molecular flexibility index (Phi) is 4.59. The molecule has 0 spiro atoms. The quantitative estimate of drug-likeness (QED) is 0.891. The first-order valence-electron chi connectivity index (χ1n) is 6.41. The third kappa shape index (κ3) is 3.80. The van der Waals surface area contributed by atoms with Gasteiger partial charge in [0.05, 0.1) is 4.90 Å². The minimum Gasteiger partial charge on any atom is -0.396 e. The van der Waals surface area contributed by atoms with Gasteiger partial charge in [-0.2, -0.15) is 0 Å². The lowest BCUT2D eigenvalue weighted by Gasteiger charge is -2.09. The van der Waals surface area contributed by atoms with Gasteiger partial charge in [0, 0.05) is 12.3 Å². The number of nitrogens with one attached hydrogen (secondary N) is 1. The van der Waals surface area contributed by atoms with Crippen molar-refractivity contribution in [2.24, 2.45) is 0 Å². The fourth-order valence-corrected chi connectivity index (χ4v) is 2.94. The SMILES string of the molecule is Cc1cc(NS(=O)(=O)c2ccc(CCO)cc2)ccc1F. The number of aliphatic hydroxyl groups is 1. The van der Waals surface area contributed by atoms with E-state index < -0.39 is 10.0 Å². The minimum absolute atomic E-state index is 0.0131. The van der Waals surface area contributed by atoms with Crippen LogP contribution in [0.2, 0.25) is 0 Å². The highest BCUT2D eigenvalue weighted by molar-refractivity contribution is 7.92. The van der Waals surface area contributed by atoms with Crippen LogP contribution < -0.4 is 4.72 Å². The zero-order valence-electron chi connectivity index (χ0n) is 11.5. The van der Waals surface area contributed by atoms with E-state index in [0.717, 1.165) is 5.56 Å². The molecule has 0 heterocycles. The number of sulfonamides is 1. The van der Waals surface area contributed by atoms with Crippen LogP contribution >= 0.6 is 0 Å². The highest BCUT2D eigenvalue weighted by Crippen LogP contribution is 2.19. The normalized spacial score (nSPS) is 11.4. The summed E-state index contributed by atoms with van der Waals surface area (Å²) in [6, 6.07) is 10.3. The Balaban J connectivity index is 2.23. The lowest BCUT2D eigenvalue weighted by Crippen LogP contribution is -2.13. The lowest BCUT2D eigenvalue weighted by atomic mass is 10.2. The van der Waals surface area contributed by atoms with Gasteiger partial charge in [0.2, 0.25) is 0 Å². The molecular formula is C15H16FNO3S. The molecule has 0 bridgehead atoms. The van der Waals surface area contributed by atoms with Crippen LogP contribution in [0.1, 0.15) is 11.1 Å². The van der Waals surface area contributed by atoms with Gasteiger partial charge < -0.3 is 5.11 Å². The molecule has 2 aromatic rings. The maximum Gasteiger partial charge on any atom is 0.261 e. The first-order valence-corrected chi connectivity index (χ1v) is 7.89. The summed E-state index contributed by atoms with van der Waals surface area (Å²) in [7, 11) is -3.71. The average Bonchev–Trinajstić information content (AvgIpc) is 2.44. The molecule has 0 aliphatic rings. The van der Waals surface area contributed by atoms with Gasteiger partial charge in [0.1, 0.15) is 5.82 Å². The maximum atomic E-state index is 13.2. The van der Waals surface area contributed by atoms with Gasteiger partial charge in [-0.15, -0.1) is 0 Å². The van der Waals surface area contributed by atoms with Crippen LogP contribution in [0.5, 0.6) is 0 Å². The van der Waals surface area contributed by atoms with E-state index in [1.165, 1.54) is 30.3 Å². The number of benzene rings is 2. The largest absolute Gasteiger partial charge is 0.396 e. The van der Waals surface area contributed by atoms with Crippen molar-refractivity contribution in [2.75, 3.05) is 11.3 Å². The molecule has 0 fully saturated rings. The molecule has 0 unspecified atom stereocenters. The molecule has 21 heavy (non-hydrogen) atoms. The second-order valence-corrected chi connectivity index (χ2v) is 6.37. The van der Waals surface area contributed by atoms with Crippen LogP contribution in [-0.4, -0.2) is 20.1 Å². The summed E-state index contributed by atoms with van der Waals surface area (Å²) in [5, 5.41) is 8.83. The monoisotopic (exact) mass is 309 g/mol. The van der Waals surface area contributed by atoms with Gasteiger partial charge in [-0.1, -0.05) is 12.1 Å². The number of aliphatic hydroxyl groups excluding tert-OH is 1. The van der Waals surface area contributed by atoms with E-state index in [2.05, 4.69) is 4.72 Å². The van der Waals surface area contributed by atoms with Crippen LogP contribution in [0.25, 0.3) is 0 Å². The van der Waals surface area contributed by atoms with Gasteiger partial charge in [-0.25, -0.2) is 12.8 Å². The van der Waals surface area contributed by atoms with Crippen LogP contribution in [0.3, 0.4) is 0 Å². The first-order chi connectivity index (χ1) is 9.92. The first kappa shape index (κ1) is 15.5. The van der Waals surface area contributed by atoms with Crippen LogP contribution in [0.15, 0.2) is 47.4 Å². The van der Waals surface area contributed by atoms with Gasteiger partial charge in [0.25, 0.3) is 10.0 Å². The van der Waals surface area contributed by atoms with E-state index >= 15 is 0 Å². The summed E-state index contributed by atoms with van der Waals surface area (Å²) < 4.78 is 40.0. The Morgan fingerprint density at radius 3 is 2.38 bits per heavy atom. The minimum atomic E-state index is -3.71. The predicted octanol–water partition coefficient (Wildman–Crippen LogP) is 2.47. The summed E-state index contributed by atoms with van der Waals surface area (Å²) in [5.41, 5.74) is 1.54. The lowest BCUT2D eigenvalue weighted by molar-refractivity contribution is 0.299. The fourth-order valence-electron chi connectivity index (χ4n) is 1.89. The Bertz CT molecular complexity index is 727. The number of hydrogen-bond acceptors (Lipinski definition) is 3. The molecule has 0 radical (unpaired) electrons. The Morgan fingerprint density at radius 1 is 1.14 bits per heavy atom. The second-order valence-electron chi connectivity index (χ2n) is 4.69. The van der Waals surface area contributed by atoms with Crippen LogP contribution in [-0.2, 0) is 16.4 Å². The number of rotatable bonds is 5. The molecule has 0 saturated carbocycles. The second kappa shape index (κ2) is 6.24. The van der Waals surface area contributed by atoms with Crippen molar-refractivity contribution >= 4 is 15.7 Å². The smallest absolute Gasteiger partial charge is 0.261 e. The van der Waals surface area contributed by atoms with Crippen LogP contribution in [0, 0.1) is 12.7 Å². The number of halogens is 1. The van der Waals surface area contributed by atoms with E-state index in [1.807, 2.05) is 0 Å². The van der Waals surface area contributed by atoms with Crippen molar-refractivity contribution in [2.45, 2.75) is 18.2 Å². The molecule has 0 aliphatic heterocycles. The van der Waals surface area contributed by atoms with E-state index in [0.29, 0.717) is 17.7 Å². The highest BCUT2D eigenvalue weighted by Gasteiger charge is 2.14. The molecule has 0 amide bonds. The molecule has 0 atom stereocenters. The molecule has 0 aliphatic carbocycles. The molecule has 6 heteroatoms. The van der Waals surface area contributed by atoms with Gasteiger partial charge in [-0.3, -0.25) is 4.72 Å². The molecule has 2 aromatic carbocycles. The van der Waals surface area contributed by atoms with E-state index in [4.69, 9.17) is 5.11 Å². The number of aryl methyl sites for hydroxylation is 1. The topological polar surface area (TPSA) is 66.4 Å². The van der Waals surface area contributed by atoms with Gasteiger partial charge in [-0.05, 0) is 54.8 Å². The van der Waals surface area contributed by atoms with Crippen LogP contribution in [0.4, 0.5) is 10.1 Å². The Hall–Kier alpha value is -1.92. The molecule has 4 nitrogen and oxygen atoms in total. The zero-order valence-corrected chi connectivity index (χ0v) is 12.3. The van der Waals surface area contributed by atoms with E-state index in [-0.39, 0.29) is 17.3 Å². The highest BCUT2D eigenvalue weighted by atomic mass is 32.2. The van der Waals surface area contributed by atoms with Crippen molar-refractivity contribution in [1.82, 2.24) is 0 Å². The van der Waals surface area contributed by atoms with Gasteiger partial charge >= 0.3 is 0 Å². The summed E-state index contributed by atoms with van der Waals surface area (Å²) in [4.78, 5) is 0.117. The van der Waals surface area contributed by atoms with Crippen molar-refractivity contribution < 1.29 is 17.9 Å². The number of hydrogen-bond donors (Lipinski definition) is 2. The summed E-state index contributed by atoms with van der Waals surface area (Å²) in [6.07, 6.45) is 0.477. The van der Waals surface area contributed by atoms with Crippen molar-refractivity contribution in [3.05, 3.63) is 59.4 Å². The summed E-state index contributed by atoms with van der Waals surface area (Å²) in [5.74, 6) is -0.383. The van der Waals surface area contributed by atoms with E-state index in [9.17, 15) is 12.8 Å². The predicted molar refractivity (Wildman–Crippen MR) is 79.2 cm³/mol. The summed E-state index contributed by atoms with van der Waals surface area (Å²) in [6.45, 7) is 1.58.